The monoisotopic (exact) mass is 574 g/mol. The fourth-order valence-corrected chi connectivity index (χ4v) is 5.30. The zero-order chi connectivity index (χ0) is 29.9. The number of aliphatic hydroxyl groups excluding tert-OH is 1. The van der Waals surface area contributed by atoms with Crippen LogP contribution >= 0.6 is 0 Å². The summed E-state index contributed by atoms with van der Waals surface area (Å²) in [4.78, 5) is 26.4. The fraction of sp³-hybridized carbons (Fsp3) is 0.533. The Morgan fingerprint density at radius 3 is 1.95 bits per heavy atom. The van der Waals surface area contributed by atoms with E-state index in [0.29, 0.717) is 6.54 Å². The molecule has 10 heteroatoms. The third-order valence-electron chi connectivity index (χ3n) is 6.41. The smallest absolute Gasteiger partial charge is 0.243 e. The van der Waals surface area contributed by atoms with Crippen molar-refractivity contribution in [3.05, 3.63) is 71.8 Å². The number of benzene rings is 2. The van der Waals surface area contributed by atoms with Gasteiger partial charge < -0.3 is 21.1 Å². The number of rotatable bonds is 15. The molecule has 2 rings (SSSR count). The molecule has 2 aromatic carbocycles. The van der Waals surface area contributed by atoms with Crippen LogP contribution in [0.1, 0.15) is 45.7 Å². The summed E-state index contributed by atoms with van der Waals surface area (Å²) >= 11 is 0. The molecule has 0 saturated heterocycles. The number of amides is 2. The van der Waals surface area contributed by atoms with Crippen LogP contribution in [0, 0.1) is 11.3 Å². The maximum atomic E-state index is 13.6. The minimum atomic E-state index is -3.58. The van der Waals surface area contributed by atoms with Crippen molar-refractivity contribution in [2.45, 2.75) is 65.8 Å². The van der Waals surface area contributed by atoms with Gasteiger partial charge in [0.2, 0.25) is 21.8 Å². The van der Waals surface area contributed by atoms with Crippen molar-refractivity contribution in [1.82, 2.24) is 20.3 Å². The first-order valence-corrected chi connectivity index (χ1v) is 15.5. The van der Waals surface area contributed by atoms with Gasteiger partial charge in [-0.05, 0) is 28.9 Å². The van der Waals surface area contributed by atoms with Crippen LogP contribution in [0.3, 0.4) is 0 Å². The first-order chi connectivity index (χ1) is 18.7. The van der Waals surface area contributed by atoms with E-state index in [2.05, 4.69) is 16.0 Å². The van der Waals surface area contributed by atoms with Crippen LogP contribution in [0.4, 0.5) is 0 Å². The summed E-state index contributed by atoms with van der Waals surface area (Å²) in [5.41, 5.74) is 1.29. The van der Waals surface area contributed by atoms with Gasteiger partial charge in [-0.3, -0.25) is 9.59 Å². The lowest BCUT2D eigenvalue weighted by Crippen LogP contribution is -2.59. The summed E-state index contributed by atoms with van der Waals surface area (Å²) in [5, 5.41) is 20.1. The lowest BCUT2D eigenvalue weighted by molar-refractivity contribution is -0.132. The molecule has 40 heavy (non-hydrogen) atoms. The molecule has 0 fully saturated rings. The van der Waals surface area contributed by atoms with Crippen LogP contribution < -0.4 is 16.0 Å². The number of aliphatic hydroxyl groups is 1. The van der Waals surface area contributed by atoms with E-state index in [0.717, 1.165) is 17.4 Å². The lowest BCUT2D eigenvalue weighted by Gasteiger charge is -2.34. The molecule has 0 unspecified atom stereocenters. The Labute approximate surface area is 239 Å². The number of nitrogens with zero attached hydrogens (tertiary/aromatic N) is 1. The van der Waals surface area contributed by atoms with Gasteiger partial charge in [-0.25, -0.2) is 8.42 Å². The molecule has 0 aliphatic heterocycles. The van der Waals surface area contributed by atoms with Crippen LogP contribution in [-0.4, -0.2) is 73.7 Å². The molecule has 0 aliphatic carbocycles. The minimum Gasteiger partial charge on any atom is -0.390 e. The van der Waals surface area contributed by atoms with Crippen molar-refractivity contribution in [3.63, 3.8) is 0 Å². The maximum absolute atomic E-state index is 13.6. The van der Waals surface area contributed by atoms with Gasteiger partial charge in [-0.2, -0.15) is 4.31 Å². The largest absolute Gasteiger partial charge is 0.390 e. The summed E-state index contributed by atoms with van der Waals surface area (Å²) in [6.45, 7) is 9.99. The molecule has 9 nitrogen and oxygen atoms in total. The molecule has 0 saturated carbocycles. The quantitative estimate of drug-likeness (QED) is 0.259. The summed E-state index contributed by atoms with van der Waals surface area (Å²) in [6, 6.07) is 17.4. The van der Waals surface area contributed by atoms with Crippen LogP contribution in [0.2, 0.25) is 0 Å². The fourth-order valence-electron chi connectivity index (χ4n) is 4.31. The molecular formula is C30H46N4O5S. The normalized spacial score (nSPS) is 14.5. The Morgan fingerprint density at radius 1 is 0.900 bits per heavy atom. The molecule has 3 atom stereocenters. The van der Waals surface area contributed by atoms with Gasteiger partial charge >= 0.3 is 0 Å². The van der Waals surface area contributed by atoms with Crippen molar-refractivity contribution in [3.8, 4) is 0 Å². The number of sulfonamides is 1. The van der Waals surface area contributed by atoms with E-state index < -0.39 is 39.5 Å². The second-order valence-corrected chi connectivity index (χ2v) is 13.8. The third kappa shape index (κ3) is 11.8. The van der Waals surface area contributed by atoms with Crippen LogP contribution in [0.25, 0.3) is 0 Å². The first kappa shape index (κ1) is 33.4. The Kier molecular flexibility index (Phi) is 12.8. The van der Waals surface area contributed by atoms with Gasteiger partial charge in [0.1, 0.15) is 6.04 Å². The van der Waals surface area contributed by atoms with E-state index in [-0.39, 0.29) is 37.9 Å². The van der Waals surface area contributed by atoms with E-state index >= 15 is 0 Å². The summed E-state index contributed by atoms with van der Waals surface area (Å²) in [5.74, 6) is -0.718. The molecule has 2 amide bonds. The summed E-state index contributed by atoms with van der Waals surface area (Å²) in [6.07, 6.45) is 0.224. The number of hydrogen-bond donors (Lipinski definition) is 4. The molecule has 4 N–H and O–H groups in total. The molecule has 0 aromatic heterocycles. The molecule has 222 valence electrons. The Morgan fingerprint density at radius 2 is 1.45 bits per heavy atom. The Balaban J connectivity index is 2.17. The zero-order valence-corrected chi connectivity index (χ0v) is 25.4. The van der Waals surface area contributed by atoms with Gasteiger partial charge in [0.05, 0.1) is 24.9 Å². The Bertz CT molecular complexity index is 1170. The average Bonchev–Trinajstić information content (AvgIpc) is 2.86. The van der Waals surface area contributed by atoms with Gasteiger partial charge in [0.15, 0.2) is 0 Å². The Hall–Kier alpha value is -2.79. The number of carbonyl (C=O) groups is 2. The highest BCUT2D eigenvalue weighted by Gasteiger charge is 2.35. The topological polar surface area (TPSA) is 128 Å². The van der Waals surface area contributed by atoms with E-state index in [1.807, 2.05) is 95.3 Å². The summed E-state index contributed by atoms with van der Waals surface area (Å²) in [7, 11) is -3.58. The lowest BCUT2D eigenvalue weighted by atomic mass is 9.85. The van der Waals surface area contributed by atoms with E-state index in [4.69, 9.17) is 0 Å². The van der Waals surface area contributed by atoms with Gasteiger partial charge in [-0.15, -0.1) is 0 Å². The molecular weight excluding hydrogens is 528 g/mol. The van der Waals surface area contributed by atoms with E-state index in [1.165, 1.54) is 4.31 Å². The van der Waals surface area contributed by atoms with Crippen molar-refractivity contribution >= 4 is 21.8 Å². The third-order valence-corrected chi connectivity index (χ3v) is 7.65. The minimum absolute atomic E-state index is 0.0311. The zero-order valence-electron chi connectivity index (χ0n) is 24.6. The molecule has 0 spiro atoms. The molecule has 0 heterocycles. The first-order valence-electron chi connectivity index (χ1n) is 13.7. The van der Waals surface area contributed by atoms with Crippen molar-refractivity contribution < 1.29 is 23.1 Å². The van der Waals surface area contributed by atoms with Gasteiger partial charge in [0, 0.05) is 19.6 Å². The van der Waals surface area contributed by atoms with Crippen molar-refractivity contribution in [2.24, 2.45) is 11.3 Å². The molecule has 2 aromatic rings. The van der Waals surface area contributed by atoms with Gasteiger partial charge in [0.25, 0.3) is 0 Å². The predicted molar refractivity (Wildman–Crippen MR) is 159 cm³/mol. The SMILES string of the molecule is CC(C)CN(C[C@@H](O)[C@H](Cc1ccccc1)NC(=O)[C@@H](NC(=O)CNCc1ccccc1)C(C)(C)C)S(C)(=O)=O. The average molecular weight is 575 g/mol. The standard InChI is InChI=1S/C30H46N4O5S/c1-22(2)20-34(40(6,38)39)21-26(35)25(17-23-13-9-7-10-14-23)32-29(37)28(30(3,4)5)33-27(36)19-31-18-24-15-11-8-12-16-24/h7-16,22,25-26,28,31,35H,17-21H2,1-6H3,(H,32,37)(H,33,36)/t25-,26+,28+/m0/s1. The van der Waals surface area contributed by atoms with Gasteiger partial charge in [-0.1, -0.05) is 95.3 Å². The highest BCUT2D eigenvalue weighted by atomic mass is 32.2. The highest BCUT2D eigenvalue weighted by molar-refractivity contribution is 7.88. The second kappa shape index (κ2) is 15.3. The van der Waals surface area contributed by atoms with Crippen LogP contribution in [0.5, 0.6) is 0 Å². The second-order valence-electron chi connectivity index (χ2n) is 11.8. The number of hydrogen-bond acceptors (Lipinski definition) is 6. The number of carbonyl (C=O) groups excluding carboxylic acids is 2. The van der Waals surface area contributed by atoms with Crippen LogP contribution in [-0.2, 0) is 32.6 Å². The molecule has 0 bridgehead atoms. The summed E-state index contributed by atoms with van der Waals surface area (Å²) < 4.78 is 26.1. The van der Waals surface area contributed by atoms with E-state index in [1.54, 1.807) is 0 Å². The highest BCUT2D eigenvalue weighted by Crippen LogP contribution is 2.20. The maximum Gasteiger partial charge on any atom is 0.243 e. The van der Waals surface area contributed by atoms with Crippen molar-refractivity contribution in [2.75, 3.05) is 25.9 Å². The molecule has 0 radical (unpaired) electrons. The predicted octanol–water partition coefficient (Wildman–Crippen LogP) is 2.31. The number of nitrogens with one attached hydrogen (secondary N) is 3. The molecule has 0 aliphatic rings. The van der Waals surface area contributed by atoms with E-state index in [9.17, 15) is 23.1 Å². The van der Waals surface area contributed by atoms with Crippen molar-refractivity contribution in [1.29, 1.82) is 0 Å². The van der Waals surface area contributed by atoms with Crippen LogP contribution in [0.15, 0.2) is 60.7 Å².